The third-order valence-electron chi connectivity index (χ3n) is 6.52. The summed E-state index contributed by atoms with van der Waals surface area (Å²) < 4.78 is 0. The van der Waals surface area contributed by atoms with Gasteiger partial charge in [0.15, 0.2) is 0 Å². The number of hydrogen-bond acceptors (Lipinski definition) is 3. The molecule has 2 amide bonds. The van der Waals surface area contributed by atoms with E-state index in [4.69, 9.17) is 0 Å². The van der Waals surface area contributed by atoms with E-state index < -0.39 is 0 Å². The number of hydrogen-bond donors (Lipinski definition) is 2. The Kier molecular flexibility index (Phi) is 6.18. The quantitative estimate of drug-likeness (QED) is 0.753. The smallest absolute Gasteiger partial charge is 0.228 e. The van der Waals surface area contributed by atoms with Gasteiger partial charge in [-0.3, -0.25) is 9.59 Å². The van der Waals surface area contributed by atoms with Gasteiger partial charge in [0.2, 0.25) is 11.8 Å². The maximum Gasteiger partial charge on any atom is 0.228 e. The maximum atomic E-state index is 12.5. The van der Waals surface area contributed by atoms with Crippen molar-refractivity contribution in [1.82, 2.24) is 5.32 Å². The van der Waals surface area contributed by atoms with E-state index in [0.717, 1.165) is 31.6 Å². The maximum absolute atomic E-state index is 12.5. The predicted octanol–water partition coefficient (Wildman–Crippen LogP) is 4.09. The molecule has 5 heteroatoms. The number of carbonyl (C=O) groups is 2. The minimum atomic E-state index is -0.174. The zero-order valence-electron chi connectivity index (χ0n) is 16.8. The van der Waals surface area contributed by atoms with Crippen LogP contribution < -0.4 is 15.5 Å². The van der Waals surface area contributed by atoms with E-state index in [9.17, 15) is 9.59 Å². The van der Waals surface area contributed by atoms with Gasteiger partial charge in [-0.2, -0.15) is 0 Å². The highest BCUT2D eigenvalue weighted by Crippen LogP contribution is 2.40. The average Bonchev–Trinajstić information content (AvgIpc) is 3.54. The molecule has 0 radical (unpaired) electrons. The molecular weight excluding hydrogens is 350 g/mol. The van der Waals surface area contributed by atoms with Crippen LogP contribution in [0.25, 0.3) is 0 Å². The van der Waals surface area contributed by atoms with E-state index in [1.807, 2.05) is 12.1 Å². The normalized spacial score (nSPS) is 25.6. The van der Waals surface area contributed by atoms with Crippen molar-refractivity contribution in [1.29, 1.82) is 0 Å². The molecule has 152 valence electrons. The lowest BCUT2D eigenvalue weighted by Gasteiger charge is -2.28. The first kappa shape index (κ1) is 19.3. The Morgan fingerprint density at radius 1 is 0.786 bits per heavy atom. The molecule has 1 heterocycles. The van der Waals surface area contributed by atoms with Crippen LogP contribution in [0.5, 0.6) is 0 Å². The van der Waals surface area contributed by atoms with E-state index in [2.05, 4.69) is 27.7 Å². The number of amides is 2. The van der Waals surface area contributed by atoms with Gasteiger partial charge in [-0.15, -0.1) is 0 Å². The molecule has 2 aliphatic carbocycles. The summed E-state index contributed by atoms with van der Waals surface area (Å²) in [5.41, 5.74) is 2.05. The molecule has 1 aromatic carbocycles. The molecular formula is C23H33N3O2. The highest BCUT2D eigenvalue weighted by Gasteiger charge is 2.48. The lowest BCUT2D eigenvalue weighted by atomic mass is 10.1. The third kappa shape index (κ3) is 4.86. The van der Waals surface area contributed by atoms with Crippen molar-refractivity contribution in [2.75, 3.05) is 23.3 Å². The standard InChI is InChI=1S/C23H33N3O2/c27-22(24-17-8-4-1-2-5-9-17)20-16-21(20)23(28)25-18-10-12-19(13-11-18)26-14-6-3-7-15-26/h10-13,17,20-21H,1-9,14-16H2,(H,24,27)(H,25,28). The van der Waals surface area contributed by atoms with Crippen LogP contribution in [0, 0.1) is 11.8 Å². The molecule has 5 nitrogen and oxygen atoms in total. The number of benzene rings is 1. The fourth-order valence-electron chi connectivity index (χ4n) is 4.65. The predicted molar refractivity (Wildman–Crippen MR) is 112 cm³/mol. The number of piperidine rings is 1. The van der Waals surface area contributed by atoms with Crippen LogP contribution in [-0.4, -0.2) is 30.9 Å². The summed E-state index contributed by atoms with van der Waals surface area (Å²) in [6.45, 7) is 2.23. The van der Waals surface area contributed by atoms with E-state index in [-0.39, 0.29) is 23.7 Å². The Hall–Kier alpha value is -2.04. The Labute approximate surface area is 168 Å². The summed E-state index contributed by atoms with van der Waals surface area (Å²) in [4.78, 5) is 27.4. The molecule has 3 aliphatic rings. The van der Waals surface area contributed by atoms with Gasteiger partial charge in [0, 0.05) is 30.5 Å². The second kappa shape index (κ2) is 8.97. The molecule has 0 bridgehead atoms. The van der Waals surface area contributed by atoms with Gasteiger partial charge in [0.1, 0.15) is 0 Å². The molecule has 28 heavy (non-hydrogen) atoms. The van der Waals surface area contributed by atoms with Gasteiger partial charge in [-0.1, -0.05) is 25.7 Å². The van der Waals surface area contributed by atoms with Crippen molar-refractivity contribution in [3.8, 4) is 0 Å². The molecule has 1 saturated heterocycles. The van der Waals surface area contributed by atoms with Crippen molar-refractivity contribution in [3.05, 3.63) is 24.3 Å². The van der Waals surface area contributed by atoms with Crippen LogP contribution in [0.3, 0.4) is 0 Å². The minimum Gasteiger partial charge on any atom is -0.372 e. The summed E-state index contributed by atoms with van der Waals surface area (Å²) in [6.07, 6.45) is 11.6. The lowest BCUT2D eigenvalue weighted by Crippen LogP contribution is -2.36. The number of carbonyl (C=O) groups excluding carboxylic acids is 2. The second-order valence-electron chi connectivity index (χ2n) is 8.73. The van der Waals surface area contributed by atoms with Crippen LogP contribution in [0.4, 0.5) is 11.4 Å². The summed E-state index contributed by atoms with van der Waals surface area (Å²) in [6, 6.07) is 8.44. The summed E-state index contributed by atoms with van der Waals surface area (Å²) >= 11 is 0. The summed E-state index contributed by atoms with van der Waals surface area (Å²) in [7, 11) is 0. The largest absolute Gasteiger partial charge is 0.372 e. The van der Waals surface area contributed by atoms with Crippen molar-refractivity contribution >= 4 is 23.2 Å². The van der Waals surface area contributed by atoms with E-state index >= 15 is 0 Å². The first-order valence-electron chi connectivity index (χ1n) is 11.2. The van der Waals surface area contributed by atoms with Gasteiger partial charge in [0.05, 0.1) is 11.8 Å². The van der Waals surface area contributed by atoms with Crippen LogP contribution in [0.15, 0.2) is 24.3 Å². The summed E-state index contributed by atoms with van der Waals surface area (Å²) in [5, 5.41) is 6.18. The van der Waals surface area contributed by atoms with E-state index in [1.54, 1.807) is 0 Å². The van der Waals surface area contributed by atoms with E-state index in [1.165, 1.54) is 50.6 Å². The summed E-state index contributed by atoms with van der Waals surface area (Å²) in [5.74, 6) is -0.261. The Balaban J connectivity index is 1.24. The second-order valence-corrected chi connectivity index (χ2v) is 8.73. The molecule has 2 atom stereocenters. The molecule has 4 rings (SSSR count). The Morgan fingerprint density at radius 3 is 2.07 bits per heavy atom. The highest BCUT2D eigenvalue weighted by molar-refractivity contribution is 5.99. The monoisotopic (exact) mass is 383 g/mol. The van der Waals surface area contributed by atoms with E-state index in [0.29, 0.717) is 12.5 Å². The third-order valence-corrected chi connectivity index (χ3v) is 6.52. The van der Waals surface area contributed by atoms with Gasteiger partial charge in [-0.25, -0.2) is 0 Å². The molecule has 2 N–H and O–H groups in total. The van der Waals surface area contributed by atoms with Crippen LogP contribution >= 0.6 is 0 Å². The Morgan fingerprint density at radius 2 is 1.39 bits per heavy atom. The fraction of sp³-hybridized carbons (Fsp3) is 0.652. The van der Waals surface area contributed by atoms with Crippen LogP contribution in [0.2, 0.25) is 0 Å². The zero-order valence-corrected chi connectivity index (χ0v) is 16.8. The van der Waals surface area contributed by atoms with Gasteiger partial charge in [-0.05, 0) is 62.8 Å². The molecule has 0 aromatic heterocycles. The number of nitrogens with zero attached hydrogens (tertiary/aromatic N) is 1. The molecule has 3 fully saturated rings. The number of anilines is 2. The highest BCUT2D eigenvalue weighted by atomic mass is 16.2. The number of rotatable bonds is 5. The topological polar surface area (TPSA) is 61.4 Å². The van der Waals surface area contributed by atoms with Crippen molar-refractivity contribution in [2.45, 2.75) is 70.3 Å². The first-order valence-corrected chi connectivity index (χ1v) is 11.2. The average molecular weight is 384 g/mol. The molecule has 1 aliphatic heterocycles. The van der Waals surface area contributed by atoms with Gasteiger partial charge >= 0.3 is 0 Å². The van der Waals surface area contributed by atoms with Crippen molar-refractivity contribution < 1.29 is 9.59 Å². The molecule has 2 saturated carbocycles. The van der Waals surface area contributed by atoms with Crippen LogP contribution in [-0.2, 0) is 9.59 Å². The molecule has 1 aromatic rings. The lowest BCUT2D eigenvalue weighted by molar-refractivity contribution is -0.125. The molecule has 2 unspecified atom stereocenters. The zero-order chi connectivity index (χ0) is 19.3. The van der Waals surface area contributed by atoms with Crippen LogP contribution in [0.1, 0.15) is 64.2 Å². The number of nitrogens with one attached hydrogen (secondary N) is 2. The van der Waals surface area contributed by atoms with Gasteiger partial charge < -0.3 is 15.5 Å². The minimum absolute atomic E-state index is 0.0215. The van der Waals surface area contributed by atoms with Crippen molar-refractivity contribution in [2.24, 2.45) is 11.8 Å². The van der Waals surface area contributed by atoms with Crippen molar-refractivity contribution in [3.63, 3.8) is 0 Å². The van der Waals surface area contributed by atoms with Gasteiger partial charge in [0.25, 0.3) is 0 Å². The molecule has 0 spiro atoms. The first-order chi connectivity index (χ1) is 13.7. The fourth-order valence-corrected chi connectivity index (χ4v) is 4.65. The SMILES string of the molecule is O=C(Nc1ccc(N2CCCCC2)cc1)C1CC1C(=O)NC1CCCCCC1. The Bertz CT molecular complexity index is 674.